The molecule has 2 atom stereocenters. The van der Waals surface area contributed by atoms with Crippen molar-refractivity contribution in [2.75, 3.05) is 26.4 Å². The van der Waals surface area contributed by atoms with E-state index in [1.165, 1.54) is 0 Å². The molecule has 0 aliphatic heterocycles. The zero-order valence-electron chi connectivity index (χ0n) is 13.9. The Labute approximate surface area is 136 Å². The lowest BCUT2D eigenvalue weighted by Gasteiger charge is -2.21. The van der Waals surface area contributed by atoms with Crippen molar-refractivity contribution in [1.29, 1.82) is 0 Å². The molecular formula is C15H26O8. The van der Waals surface area contributed by atoms with Crippen LogP contribution in [-0.4, -0.2) is 61.6 Å². The van der Waals surface area contributed by atoms with Gasteiger partial charge in [-0.2, -0.15) is 0 Å². The van der Waals surface area contributed by atoms with Gasteiger partial charge in [0.05, 0.1) is 13.2 Å². The summed E-state index contributed by atoms with van der Waals surface area (Å²) in [5.74, 6) is -1.28. The van der Waals surface area contributed by atoms with E-state index in [-0.39, 0.29) is 45.7 Å². The predicted molar refractivity (Wildman–Crippen MR) is 79.5 cm³/mol. The molecule has 0 rings (SSSR count). The number of hydrogen-bond donors (Lipinski definition) is 1. The fourth-order valence-electron chi connectivity index (χ4n) is 1.36. The number of hydrogen-bond acceptors (Lipinski definition) is 8. The molecule has 0 saturated carbocycles. The minimum absolute atomic E-state index is 0.0857. The maximum absolute atomic E-state index is 11.4. The Balaban J connectivity index is 4.38. The molecule has 0 aromatic heterocycles. The molecule has 0 bridgehead atoms. The number of carbonyl (C=O) groups is 3. The van der Waals surface area contributed by atoms with E-state index in [4.69, 9.17) is 18.9 Å². The summed E-state index contributed by atoms with van der Waals surface area (Å²) in [6, 6.07) is 0. The third-order valence-electron chi connectivity index (χ3n) is 2.75. The predicted octanol–water partition coefficient (Wildman–Crippen LogP) is 0.592. The van der Waals surface area contributed by atoms with Gasteiger partial charge in [-0.25, -0.2) is 0 Å². The van der Waals surface area contributed by atoms with Crippen LogP contribution in [0.5, 0.6) is 0 Å². The summed E-state index contributed by atoms with van der Waals surface area (Å²) in [4.78, 5) is 33.6. The van der Waals surface area contributed by atoms with Gasteiger partial charge in [0, 0.05) is 19.3 Å². The van der Waals surface area contributed by atoms with Crippen molar-refractivity contribution >= 4 is 17.9 Å². The van der Waals surface area contributed by atoms with Gasteiger partial charge < -0.3 is 24.1 Å². The maximum atomic E-state index is 11.4. The van der Waals surface area contributed by atoms with Gasteiger partial charge in [-0.1, -0.05) is 20.8 Å². The lowest BCUT2D eigenvalue weighted by Crippen LogP contribution is -2.34. The van der Waals surface area contributed by atoms with Gasteiger partial charge in [0.1, 0.15) is 19.3 Å². The monoisotopic (exact) mass is 334 g/mol. The molecule has 0 aliphatic carbocycles. The smallest absolute Gasteiger partial charge is 0.305 e. The summed E-state index contributed by atoms with van der Waals surface area (Å²) >= 11 is 0. The van der Waals surface area contributed by atoms with Crippen LogP contribution < -0.4 is 0 Å². The van der Waals surface area contributed by atoms with E-state index >= 15 is 0 Å². The highest BCUT2D eigenvalue weighted by Gasteiger charge is 2.19. The fourth-order valence-corrected chi connectivity index (χ4v) is 1.36. The molecule has 8 heteroatoms. The Morgan fingerprint density at radius 3 is 1.70 bits per heavy atom. The van der Waals surface area contributed by atoms with Gasteiger partial charge in [-0.15, -0.1) is 0 Å². The van der Waals surface area contributed by atoms with Crippen molar-refractivity contribution < 1.29 is 38.4 Å². The molecule has 23 heavy (non-hydrogen) atoms. The topological polar surface area (TPSA) is 108 Å². The second-order valence-electron chi connectivity index (χ2n) is 4.68. The number of aliphatic hydroxyl groups excluding tert-OH is 1. The van der Waals surface area contributed by atoms with E-state index in [0.717, 1.165) is 0 Å². The molecule has 0 aromatic carbocycles. The summed E-state index contributed by atoms with van der Waals surface area (Å²) in [6.45, 7) is 4.25. The van der Waals surface area contributed by atoms with Crippen LogP contribution in [0.2, 0.25) is 0 Å². The van der Waals surface area contributed by atoms with Crippen LogP contribution in [0.4, 0.5) is 0 Å². The van der Waals surface area contributed by atoms with Crippen LogP contribution in [-0.2, 0) is 33.3 Å². The van der Waals surface area contributed by atoms with Crippen molar-refractivity contribution in [2.45, 2.75) is 52.2 Å². The van der Waals surface area contributed by atoms with Crippen LogP contribution in [0.25, 0.3) is 0 Å². The lowest BCUT2D eigenvalue weighted by atomic mass is 10.3. The normalized spacial score (nSPS) is 13.0. The zero-order chi connectivity index (χ0) is 17.7. The molecule has 134 valence electrons. The number of aliphatic hydroxyl groups is 1. The van der Waals surface area contributed by atoms with Crippen LogP contribution in [0.15, 0.2) is 0 Å². The van der Waals surface area contributed by atoms with Gasteiger partial charge >= 0.3 is 17.9 Å². The molecule has 0 aromatic rings. The van der Waals surface area contributed by atoms with E-state index in [0.29, 0.717) is 0 Å². The van der Waals surface area contributed by atoms with E-state index in [9.17, 15) is 19.5 Å². The van der Waals surface area contributed by atoms with Crippen molar-refractivity contribution in [3.8, 4) is 0 Å². The molecule has 0 saturated heterocycles. The van der Waals surface area contributed by atoms with E-state index in [2.05, 4.69) is 0 Å². The number of rotatable bonds is 12. The minimum Gasteiger partial charge on any atom is -0.463 e. The summed E-state index contributed by atoms with van der Waals surface area (Å²) < 4.78 is 20.3. The van der Waals surface area contributed by atoms with Crippen molar-refractivity contribution in [1.82, 2.24) is 0 Å². The highest BCUT2D eigenvalue weighted by molar-refractivity contribution is 5.70. The average Bonchev–Trinajstić information content (AvgIpc) is 2.58. The lowest BCUT2D eigenvalue weighted by molar-refractivity contribution is -0.166. The molecule has 8 nitrogen and oxygen atoms in total. The van der Waals surface area contributed by atoms with Gasteiger partial charge in [0.2, 0.25) is 0 Å². The summed E-state index contributed by atoms with van der Waals surface area (Å²) in [5, 5.41) is 9.20. The average molecular weight is 334 g/mol. The molecule has 2 unspecified atom stereocenters. The Bertz CT molecular complexity index is 368. The molecule has 1 N–H and O–H groups in total. The standard InChI is InChI=1S/C15H26O8/c1-4-13(17)21-8-11(7-16)20-9-12(23-15(19)6-3)10-22-14(18)5-2/h11-12,16H,4-10H2,1-3H3. The number of ether oxygens (including phenoxy) is 4. The first-order valence-corrected chi connectivity index (χ1v) is 7.69. The third-order valence-corrected chi connectivity index (χ3v) is 2.75. The van der Waals surface area contributed by atoms with Gasteiger partial charge in [0.15, 0.2) is 6.10 Å². The first-order valence-electron chi connectivity index (χ1n) is 7.69. The van der Waals surface area contributed by atoms with Crippen LogP contribution in [0, 0.1) is 0 Å². The summed E-state index contributed by atoms with van der Waals surface area (Å²) in [6.07, 6.45) is -0.914. The highest BCUT2D eigenvalue weighted by Crippen LogP contribution is 2.03. The molecule has 0 aliphatic rings. The Morgan fingerprint density at radius 1 is 0.783 bits per heavy atom. The van der Waals surface area contributed by atoms with Crippen molar-refractivity contribution in [2.24, 2.45) is 0 Å². The first kappa shape index (κ1) is 21.3. The summed E-state index contributed by atoms with van der Waals surface area (Å²) in [7, 11) is 0. The van der Waals surface area contributed by atoms with Crippen molar-refractivity contribution in [3.63, 3.8) is 0 Å². The van der Waals surface area contributed by atoms with E-state index < -0.39 is 30.1 Å². The zero-order valence-corrected chi connectivity index (χ0v) is 13.9. The largest absolute Gasteiger partial charge is 0.463 e. The second kappa shape index (κ2) is 12.8. The van der Waals surface area contributed by atoms with Crippen molar-refractivity contribution in [3.05, 3.63) is 0 Å². The van der Waals surface area contributed by atoms with Gasteiger partial charge in [-0.3, -0.25) is 14.4 Å². The van der Waals surface area contributed by atoms with Crippen LogP contribution >= 0.6 is 0 Å². The van der Waals surface area contributed by atoms with Gasteiger partial charge in [-0.05, 0) is 0 Å². The molecule has 0 heterocycles. The maximum Gasteiger partial charge on any atom is 0.305 e. The Kier molecular flexibility index (Phi) is 11.9. The Hall–Kier alpha value is -1.67. The molecule has 0 fully saturated rings. The fraction of sp³-hybridized carbons (Fsp3) is 0.800. The number of carbonyl (C=O) groups excluding carboxylic acids is 3. The van der Waals surface area contributed by atoms with Crippen LogP contribution in [0.1, 0.15) is 40.0 Å². The highest BCUT2D eigenvalue weighted by atomic mass is 16.6. The van der Waals surface area contributed by atoms with E-state index in [1.807, 2.05) is 0 Å². The molecule has 0 amide bonds. The molecule has 0 radical (unpaired) electrons. The molecular weight excluding hydrogens is 308 g/mol. The summed E-state index contributed by atoms with van der Waals surface area (Å²) in [5.41, 5.74) is 0. The molecule has 0 spiro atoms. The third kappa shape index (κ3) is 10.6. The SMILES string of the molecule is CCC(=O)OCC(CO)OCC(COC(=O)CC)OC(=O)CC. The first-order chi connectivity index (χ1) is 11.0. The Morgan fingerprint density at radius 2 is 1.26 bits per heavy atom. The van der Waals surface area contributed by atoms with Crippen LogP contribution in [0.3, 0.4) is 0 Å². The minimum atomic E-state index is -0.783. The quantitative estimate of drug-likeness (QED) is 0.408. The van der Waals surface area contributed by atoms with E-state index in [1.54, 1.807) is 20.8 Å². The van der Waals surface area contributed by atoms with Gasteiger partial charge in [0.25, 0.3) is 0 Å². The second-order valence-corrected chi connectivity index (χ2v) is 4.68. The number of esters is 3.